The lowest BCUT2D eigenvalue weighted by Crippen LogP contribution is -2.14. The number of halogens is 2. The van der Waals surface area contributed by atoms with E-state index in [1.54, 1.807) is 38.1 Å². The summed E-state index contributed by atoms with van der Waals surface area (Å²) in [6.07, 6.45) is -0.0815. The van der Waals surface area contributed by atoms with Gasteiger partial charge in [-0.3, -0.25) is 14.2 Å². The van der Waals surface area contributed by atoms with E-state index in [0.717, 1.165) is 10.5 Å². The average Bonchev–Trinajstić information content (AvgIpc) is 2.87. The molecule has 0 atom stereocenters. The molecular weight excluding hydrogens is 417 g/mol. The van der Waals surface area contributed by atoms with Gasteiger partial charge < -0.3 is 9.84 Å². The number of fused-ring (bicyclic) bond motifs is 1. The molecule has 1 N–H and O–H groups in total. The number of aromatic nitrogens is 1. The minimum absolute atomic E-state index is 0.0815. The van der Waals surface area contributed by atoms with Crippen LogP contribution in [0.3, 0.4) is 0 Å². The topological polar surface area (TPSA) is 68.5 Å². The molecule has 3 aromatic rings. The highest BCUT2D eigenvalue weighted by atomic mass is 79.9. The third kappa shape index (κ3) is 3.60. The Balaban J connectivity index is 2.21. The molecule has 0 saturated heterocycles. The number of rotatable bonds is 4. The maximum Gasteiger partial charge on any atom is 0.310 e. The summed E-state index contributed by atoms with van der Waals surface area (Å²) in [4.78, 5) is 25.0. The first-order valence-corrected chi connectivity index (χ1v) is 9.11. The predicted octanol–water partition coefficient (Wildman–Crippen LogP) is 4.35. The van der Waals surface area contributed by atoms with Crippen LogP contribution in [0.5, 0.6) is 5.75 Å². The number of phenolic OH excluding ortho intramolecular Hbond substituents is 1. The Morgan fingerprint density at radius 2 is 1.89 bits per heavy atom. The van der Waals surface area contributed by atoms with Crippen molar-refractivity contribution in [3.05, 3.63) is 63.5 Å². The molecule has 0 amide bonds. The van der Waals surface area contributed by atoms with E-state index in [1.165, 1.54) is 10.6 Å². The number of hydrogen-bond acceptors (Lipinski definition) is 4. The lowest BCUT2D eigenvalue weighted by molar-refractivity contribution is -0.142. The highest BCUT2D eigenvalue weighted by molar-refractivity contribution is 9.10. The molecule has 27 heavy (non-hydrogen) atoms. The fourth-order valence-corrected chi connectivity index (χ4v) is 3.32. The Labute approximate surface area is 163 Å². The van der Waals surface area contributed by atoms with Gasteiger partial charge in [0.05, 0.1) is 18.5 Å². The quantitative estimate of drug-likeness (QED) is 0.620. The van der Waals surface area contributed by atoms with E-state index in [0.29, 0.717) is 22.2 Å². The van der Waals surface area contributed by atoms with Gasteiger partial charge in [-0.15, -0.1) is 0 Å². The lowest BCUT2D eigenvalue weighted by Gasteiger charge is -2.08. The lowest BCUT2D eigenvalue weighted by atomic mass is 10.1. The number of hydrogen-bond donors (Lipinski definition) is 1. The number of phenols is 1. The van der Waals surface area contributed by atoms with Crippen LogP contribution in [0.2, 0.25) is 0 Å². The highest BCUT2D eigenvalue weighted by Crippen LogP contribution is 2.32. The average molecular weight is 434 g/mol. The summed E-state index contributed by atoms with van der Waals surface area (Å²) in [6, 6.07) is 9.11. The van der Waals surface area contributed by atoms with Gasteiger partial charge >= 0.3 is 5.97 Å². The normalized spacial score (nSPS) is 11.0. The largest absolute Gasteiger partial charge is 0.505 e. The zero-order valence-electron chi connectivity index (χ0n) is 14.8. The summed E-state index contributed by atoms with van der Waals surface area (Å²) in [6.45, 7) is 3.61. The molecule has 7 heteroatoms. The molecule has 0 spiro atoms. The first kappa shape index (κ1) is 19.1. The van der Waals surface area contributed by atoms with Gasteiger partial charge in [0.1, 0.15) is 0 Å². The molecule has 1 aromatic heterocycles. The summed E-state index contributed by atoms with van der Waals surface area (Å²) in [7, 11) is 0. The molecule has 0 saturated carbocycles. The van der Waals surface area contributed by atoms with E-state index in [4.69, 9.17) is 4.74 Å². The Kier molecular flexibility index (Phi) is 5.32. The minimum atomic E-state index is -0.840. The van der Waals surface area contributed by atoms with E-state index in [9.17, 15) is 19.1 Å². The Morgan fingerprint density at radius 3 is 2.52 bits per heavy atom. The van der Waals surface area contributed by atoms with Crippen LogP contribution in [0.15, 0.2) is 40.9 Å². The van der Waals surface area contributed by atoms with Gasteiger partial charge in [-0.25, -0.2) is 4.39 Å². The number of carbonyl (C=O) groups is 2. The predicted molar refractivity (Wildman–Crippen MR) is 103 cm³/mol. The van der Waals surface area contributed by atoms with Crippen LogP contribution in [0.25, 0.3) is 10.9 Å². The number of esters is 1. The molecule has 0 bridgehead atoms. The fourth-order valence-electron chi connectivity index (χ4n) is 3.05. The summed E-state index contributed by atoms with van der Waals surface area (Å²) in [5.41, 5.74) is 1.71. The molecule has 5 nitrogen and oxygen atoms in total. The van der Waals surface area contributed by atoms with E-state index in [-0.39, 0.29) is 24.5 Å². The van der Waals surface area contributed by atoms with E-state index in [2.05, 4.69) is 15.9 Å². The van der Waals surface area contributed by atoms with Gasteiger partial charge in [0, 0.05) is 27.2 Å². The summed E-state index contributed by atoms with van der Waals surface area (Å²) in [5, 5.41) is 10.2. The maximum atomic E-state index is 14.0. The fraction of sp³-hybridized carbons (Fsp3) is 0.200. The second-order valence-corrected chi connectivity index (χ2v) is 6.93. The van der Waals surface area contributed by atoms with Gasteiger partial charge in [0.2, 0.25) is 0 Å². The van der Waals surface area contributed by atoms with Gasteiger partial charge in [-0.05, 0) is 49.7 Å². The molecule has 0 aliphatic carbocycles. The zero-order valence-corrected chi connectivity index (χ0v) is 16.3. The van der Waals surface area contributed by atoms with Crippen LogP contribution in [0, 0.1) is 12.7 Å². The van der Waals surface area contributed by atoms with Crippen LogP contribution in [0.4, 0.5) is 4.39 Å². The molecule has 0 fully saturated rings. The number of benzene rings is 2. The second-order valence-electron chi connectivity index (χ2n) is 6.01. The molecule has 3 rings (SSSR count). The van der Waals surface area contributed by atoms with Gasteiger partial charge in [-0.2, -0.15) is 0 Å². The first-order valence-electron chi connectivity index (χ1n) is 8.31. The summed E-state index contributed by atoms with van der Waals surface area (Å²) >= 11 is 3.32. The Morgan fingerprint density at radius 1 is 1.22 bits per heavy atom. The van der Waals surface area contributed by atoms with Crippen LogP contribution < -0.4 is 0 Å². The SMILES string of the molecule is CCOC(=O)Cc1c(C)n(C(=O)c2ccc(Br)cc2)c2cc(F)c(O)cc12. The standard InChI is InChI=1S/C20H17BrFNO4/c1-3-27-19(25)9-14-11(2)23(17-10-16(22)18(24)8-15(14)17)20(26)12-4-6-13(21)7-5-12/h4-8,10,24H,3,9H2,1-2H3. The highest BCUT2D eigenvalue weighted by Gasteiger charge is 2.23. The third-order valence-electron chi connectivity index (χ3n) is 4.32. The number of ether oxygens (including phenoxy) is 1. The molecule has 2 aromatic carbocycles. The van der Waals surface area contributed by atoms with Crippen LogP contribution in [-0.4, -0.2) is 28.2 Å². The smallest absolute Gasteiger partial charge is 0.310 e. The molecule has 0 aliphatic rings. The number of aromatic hydroxyl groups is 1. The van der Waals surface area contributed by atoms with Gasteiger partial charge in [-0.1, -0.05) is 15.9 Å². The van der Waals surface area contributed by atoms with Crippen molar-refractivity contribution in [2.24, 2.45) is 0 Å². The van der Waals surface area contributed by atoms with Crippen molar-refractivity contribution in [2.75, 3.05) is 6.61 Å². The summed E-state index contributed by atoms with van der Waals surface area (Å²) in [5.74, 6) is -2.20. The van der Waals surface area contributed by atoms with Crippen LogP contribution in [0.1, 0.15) is 28.5 Å². The second kappa shape index (κ2) is 7.52. The number of carbonyl (C=O) groups excluding carboxylic acids is 2. The van der Waals surface area contributed by atoms with Crippen molar-refractivity contribution in [1.29, 1.82) is 0 Å². The van der Waals surface area contributed by atoms with E-state index in [1.807, 2.05) is 0 Å². The van der Waals surface area contributed by atoms with Crippen molar-refractivity contribution in [3.63, 3.8) is 0 Å². The third-order valence-corrected chi connectivity index (χ3v) is 4.85. The van der Waals surface area contributed by atoms with Crippen LogP contribution >= 0.6 is 15.9 Å². The molecule has 0 aliphatic heterocycles. The Hall–Kier alpha value is -2.67. The number of nitrogens with zero attached hydrogens (tertiary/aromatic N) is 1. The maximum absolute atomic E-state index is 14.0. The molecule has 140 valence electrons. The summed E-state index contributed by atoms with van der Waals surface area (Å²) < 4.78 is 21.2. The molecule has 0 radical (unpaired) electrons. The van der Waals surface area contributed by atoms with Gasteiger partial charge in [0.15, 0.2) is 11.6 Å². The van der Waals surface area contributed by atoms with Crippen molar-refractivity contribution in [1.82, 2.24) is 4.57 Å². The minimum Gasteiger partial charge on any atom is -0.505 e. The Bertz CT molecular complexity index is 1040. The molecular formula is C20H17BrFNO4. The van der Waals surface area contributed by atoms with Crippen LogP contribution in [-0.2, 0) is 16.0 Å². The molecule has 0 unspecified atom stereocenters. The van der Waals surface area contributed by atoms with Crippen molar-refractivity contribution in [3.8, 4) is 5.75 Å². The molecule has 1 heterocycles. The zero-order chi connectivity index (χ0) is 19.7. The van der Waals surface area contributed by atoms with Gasteiger partial charge in [0.25, 0.3) is 5.91 Å². The van der Waals surface area contributed by atoms with Crippen molar-refractivity contribution >= 4 is 38.7 Å². The van der Waals surface area contributed by atoms with E-state index < -0.39 is 17.5 Å². The van der Waals surface area contributed by atoms with Crippen molar-refractivity contribution in [2.45, 2.75) is 20.3 Å². The monoisotopic (exact) mass is 433 g/mol. The first-order chi connectivity index (χ1) is 12.8. The van der Waals surface area contributed by atoms with Crippen molar-refractivity contribution < 1.29 is 23.8 Å². The van der Waals surface area contributed by atoms with E-state index >= 15 is 0 Å².